The molecule has 2 N–H and O–H groups in total. The van der Waals surface area contributed by atoms with Crippen molar-refractivity contribution in [1.29, 1.82) is 0 Å². The fourth-order valence-corrected chi connectivity index (χ4v) is 3.02. The molecule has 1 aromatic heterocycles. The van der Waals surface area contributed by atoms with Gasteiger partial charge in [0.15, 0.2) is 0 Å². The number of aliphatic hydroxyl groups is 1. The predicted molar refractivity (Wildman–Crippen MR) is 82.6 cm³/mol. The molecule has 0 aliphatic heterocycles. The molecule has 4 rings (SSSR count). The molecule has 4 heteroatoms. The summed E-state index contributed by atoms with van der Waals surface area (Å²) in [5.74, 6) is 0.271. The van der Waals surface area contributed by atoms with Crippen LogP contribution in [0, 0.1) is 4.91 Å². The second kappa shape index (κ2) is 4.31. The lowest BCUT2D eigenvalue weighted by Gasteiger charge is -2.04. The molecule has 1 heterocycles. The summed E-state index contributed by atoms with van der Waals surface area (Å²) in [6.45, 7) is 0. The molecule has 0 atom stereocenters. The Hall–Kier alpha value is -2.88. The van der Waals surface area contributed by atoms with E-state index in [-0.39, 0.29) is 5.76 Å². The van der Waals surface area contributed by atoms with E-state index in [4.69, 9.17) is 0 Å². The molecule has 0 radical (unpaired) electrons. The van der Waals surface area contributed by atoms with Crippen LogP contribution in [0.3, 0.4) is 0 Å². The van der Waals surface area contributed by atoms with Crippen LogP contribution < -0.4 is 0 Å². The van der Waals surface area contributed by atoms with Gasteiger partial charge in [-0.15, -0.1) is 4.91 Å². The zero-order valence-electron chi connectivity index (χ0n) is 11.1. The topological polar surface area (TPSA) is 65.4 Å². The van der Waals surface area contributed by atoms with Crippen LogP contribution in [0.2, 0.25) is 0 Å². The normalized spacial score (nSPS) is 13.7. The van der Waals surface area contributed by atoms with Crippen LogP contribution in [0.25, 0.3) is 16.5 Å². The molecule has 0 saturated heterocycles. The van der Waals surface area contributed by atoms with Crippen LogP contribution in [0.4, 0.5) is 5.69 Å². The van der Waals surface area contributed by atoms with E-state index in [1.54, 1.807) is 0 Å². The number of aromatic amines is 1. The summed E-state index contributed by atoms with van der Waals surface area (Å²) < 4.78 is 0. The van der Waals surface area contributed by atoms with Crippen molar-refractivity contribution in [3.8, 4) is 0 Å². The molecule has 102 valence electrons. The molecule has 0 saturated carbocycles. The van der Waals surface area contributed by atoms with Gasteiger partial charge in [-0.05, 0) is 22.4 Å². The van der Waals surface area contributed by atoms with Crippen LogP contribution in [0.15, 0.2) is 59.5 Å². The fraction of sp³-hybridized carbons (Fsp3) is 0.0588. The molecule has 21 heavy (non-hydrogen) atoms. The Morgan fingerprint density at radius 2 is 1.81 bits per heavy atom. The molecule has 0 amide bonds. The molecular weight excluding hydrogens is 264 g/mol. The Kier molecular flexibility index (Phi) is 2.44. The van der Waals surface area contributed by atoms with Crippen molar-refractivity contribution in [3.05, 3.63) is 76.0 Å². The first-order valence-electron chi connectivity index (χ1n) is 6.74. The zero-order valence-corrected chi connectivity index (χ0v) is 11.1. The van der Waals surface area contributed by atoms with Gasteiger partial charge in [-0.3, -0.25) is 0 Å². The predicted octanol–water partition coefficient (Wildman–Crippen LogP) is 4.44. The maximum absolute atomic E-state index is 11.3. The molecular formula is C17H12N2O2. The fourth-order valence-electron chi connectivity index (χ4n) is 3.02. The smallest absolute Gasteiger partial charge is 0.141 e. The number of allylic oxidation sites excluding steroid dienone is 1. The van der Waals surface area contributed by atoms with Crippen molar-refractivity contribution >= 4 is 22.2 Å². The number of aliphatic hydroxyl groups excluding tert-OH is 1. The highest BCUT2D eigenvalue weighted by atomic mass is 16.3. The quantitative estimate of drug-likeness (QED) is 0.679. The summed E-state index contributed by atoms with van der Waals surface area (Å²) >= 11 is 0. The average molecular weight is 276 g/mol. The third-order valence-corrected chi connectivity index (χ3v) is 3.95. The number of nitroso groups, excluding NO2 is 1. The number of rotatable bonds is 2. The summed E-state index contributed by atoms with van der Waals surface area (Å²) in [6.07, 6.45) is 0.485. The van der Waals surface area contributed by atoms with E-state index >= 15 is 0 Å². The lowest BCUT2D eigenvalue weighted by atomic mass is 10.0. The van der Waals surface area contributed by atoms with Crippen LogP contribution in [-0.2, 0) is 6.42 Å². The van der Waals surface area contributed by atoms with Gasteiger partial charge in [-0.25, -0.2) is 0 Å². The first-order chi connectivity index (χ1) is 10.3. The molecule has 1 aliphatic rings. The van der Waals surface area contributed by atoms with Crippen LogP contribution in [0.5, 0.6) is 0 Å². The van der Waals surface area contributed by atoms with Crippen molar-refractivity contribution in [2.45, 2.75) is 6.42 Å². The maximum atomic E-state index is 11.3. The number of benzene rings is 2. The summed E-state index contributed by atoms with van der Waals surface area (Å²) in [7, 11) is 0. The molecule has 0 spiro atoms. The van der Waals surface area contributed by atoms with Gasteiger partial charge < -0.3 is 10.1 Å². The van der Waals surface area contributed by atoms with Gasteiger partial charge in [-0.2, -0.15) is 0 Å². The van der Waals surface area contributed by atoms with Gasteiger partial charge in [0.05, 0.1) is 5.69 Å². The Labute approximate surface area is 120 Å². The van der Waals surface area contributed by atoms with Gasteiger partial charge in [0, 0.05) is 22.9 Å². The number of H-pyrrole nitrogens is 1. The first kappa shape index (κ1) is 11.9. The number of nitrogens with zero attached hydrogens (tertiary/aromatic N) is 1. The van der Waals surface area contributed by atoms with Gasteiger partial charge in [0.2, 0.25) is 0 Å². The summed E-state index contributed by atoms with van der Waals surface area (Å²) in [6, 6.07) is 15.3. The van der Waals surface area contributed by atoms with E-state index in [1.165, 1.54) is 0 Å². The van der Waals surface area contributed by atoms with Crippen LogP contribution in [0.1, 0.15) is 16.8 Å². The van der Waals surface area contributed by atoms with Crippen molar-refractivity contribution < 1.29 is 5.11 Å². The van der Waals surface area contributed by atoms with Crippen LogP contribution >= 0.6 is 0 Å². The minimum Gasteiger partial charge on any atom is -0.511 e. The van der Waals surface area contributed by atoms with Crippen LogP contribution in [-0.4, -0.2) is 10.1 Å². The SMILES string of the molecule is O=Nc1c(C2=C(O)Cc3ccccc32)[nH]c2ccccc12. The lowest BCUT2D eigenvalue weighted by molar-refractivity contribution is 0.405. The zero-order chi connectivity index (χ0) is 14.4. The molecule has 3 aromatic rings. The minimum atomic E-state index is 0.271. The molecule has 0 bridgehead atoms. The Bertz CT molecular complexity index is 906. The Morgan fingerprint density at radius 3 is 2.67 bits per heavy atom. The molecule has 0 unspecified atom stereocenters. The second-order valence-electron chi connectivity index (χ2n) is 5.14. The highest BCUT2D eigenvalue weighted by Gasteiger charge is 2.26. The summed E-state index contributed by atoms with van der Waals surface area (Å²) in [5, 5.41) is 14.3. The summed E-state index contributed by atoms with van der Waals surface area (Å²) in [4.78, 5) is 14.5. The molecule has 1 aliphatic carbocycles. The minimum absolute atomic E-state index is 0.271. The third-order valence-electron chi connectivity index (χ3n) is 3.95. The number of para-hydroxylation sites is 1. The largest absolute Gasteiger partial charge is 0.511 e. The number of aromatic nitrogens is 1. The highest BCUT2D eigenvalue weighted by Crippen LogP contribution is 2.42. The van der Waals surface area contributed by atoms with Gasteiger partial charge in [0.1, 0.15) is 11.4 Å². The average Bonchev–Trinajstić information content (AvgIpc) is 3.02. The Morgan fingerprint density at radius 1 is 1.05 bits per heavy atom. The number of hydrogen-bond donors (Lipinski definition) is 2. The second-order valence-corrected chi connectivity index (χ2v) is 5.14. The highest BCUT2D eigenvalue weighted by molar-refractivity contribution is 6.01. The Balaban J connectivity index is 2.03. The standard InChI is InChI=1S/C17H12N2O2/c20-14-9-10-5-1-2-6-11(10)15(14)17-16(19-21)12-7-3-4-8-13(12)18-17/h1-8,18,20H,9H2. The number of nitrogens with one attached hydrogen (secondary N) is 1. The van der Waals surface area contributed by atoms with E-state index in [0.717, 1.165) is 22.0 Å². The van der Waals surface area contributed by atoms with E-state index in [2.05, 4.69) is 10.2 Å². The van der Waals surface area contributed by atoms with Gasteiger partial charge >= 0.3 is 0 Å². The summed E-state index contributed by atoms with van der Waals surface area (Å²) in [5.41, 5.74) is 4.47. The maximum Gasteiger partial charge on any atom is 0.141 e. The van der Waals surface area contributed by atoms with E-state index in [0.29, 0.717) is 23.4 Å². The van der Waals surface area contributed by atoms with Crippen molar-refractivity contribution in [1.82, 2.24) is 4.98 Å². The number of hydrogen-bond acceptors (Lipinski definition) is 3. The van der Waals surface area contributed by atoms with Crippen molar-refractivity contribution in [2.24, 2.45) is 5.18 Å². The molecule has 4 nitrogen and oxygen atoms in total. The van der Waals surface area contributed by atoms with Gasteiger partial charge in [0.25, 0.3) is 0 Å². The molecule has 0 fully saturated rings. The number of fused-ring (bicyclic) bond motifs is 2. The first-order valence-corrected chi connectivity index (χ1v) is 6.74. The van der Waals surface area contributed by atoms with Gasteiger partial charge in [-0.1, -0.05) is 42.5 Å². The van der Waals surface area contributed by atoms with Crippen molar-refractivity contribution in [3.63, 3.8) is 0 Å². The molecule has 2 aromatic carbocycles. The van der Waals surface area contributed by atoms with E-state index in [1.807, 2.05) is 48.5 Å². The lowest BCUT2D eigenvalue weighted by Crippen LogP contribution is -1.88. The monoisotopic (exact) mass is 276 g/mol. The van der Waals surface area contributed by atoms with E-state index < -0.39 is 0 Å². The third kappa shape index (κ3) is 1.62. The van der Waals surface area contributed by atoms with Crippen molar-refractivity contribution in [2.75, 3.05) is 0 Å². The van der Waals surface area contributed by atoms with E-state index in [9.17, 15) is 10.0 Å².